The van der Waals surface area contributed by atoms with E-state index in [9.17, 15) is 0 Å². The van der Waals surface area contributed by atoms with E-state index in [1.807, 2.05) is 0 Å². The SMILES string of the molecule is COc1cc(Br)cc2c1CN(C1CCN(C)CC1)CC2. The number of hydrogen-bond acceptors (Lipinski definition) is 3. The topological polar surface area (TPSA) is 15.7 Å². The van der Waals surface area contributed by atoms with Crippen molar-refractivity contribution in [2.45, 2.75) is 31.8 Å². The fourth-order valence-corrected chi connectivity index (χ4v) is 3.95. The van der Waals surface area contributed by atoms with Gasteiger partial charge < -0.3 is 9.64 Å². The third-order valence-corrected chi connectivity index (χ3v) is 5.18. The summed E-state index contributed by atoms with van der Waals surface area (Å²) in [5, 5.41) is 0. The molecular weight excluding hydrogens is 316 g/mol. The summed E-state index contributed by atoms with van der Waals surface area (Å²) in [6.45, 7) is 4.68. The van der Waals surface area contributed by atoms with Crippen LogP contribution in [0.5, 0.6) is 5.75 Å². The number of ether oxygens (including phenoxy) is 1. The molecule has 0 N–H and O–H groups in total. The van der Waals surface area contributed by atoms with Gasteiger partial charge in [0.1, 0.15) is 5.75 Å². The minimum Gasteiger partial charge on any atom is -0.496 e. The Labute approximate surface area is 130 Å². The van der Waals surface area contributed by atoms with Crippen LogP contribution in [0.2, 0.25) is 0 Å². The quantitative estimate of drug-likeness (QED) is 0.824. The van der Waals surface area contributed by atoms with Gasteiger partial charge in [0.15, 0.2) is 0 Å². The normalized spacial score (nSPS) is 21.8. The van der Waals surface area contributed by atoms with Gasteiger partial charge in [-0.3, -0.25) is 4.90 Å². The van der Waals surface area contributed by atoms with E-state index in [-0.39, 0.29) is 0 Å². The fourth-order valence-electron chi connectivity index (χ4n) is 3.47. The van der Waals surface area contributed by atoms with Crippen LogP contribution in [0.15, 0.2) is 16.6 Å². The fraction of sp³-hybridized carbons (Fsp3) is 0.625. The molecule has 1 aromatic rings. The molecule has 2 aliphatic rings. The number of rotatable bonds is 2. The van der Waals surface area contributed by atoms with Crippen molar-refractivity contribution in [3.05, 3.63) is 27.7 Å². The summed E-state index contributed by atoms with van der Waals surface area (Å²) in [5.74, 6) is 1.03. The maximum atomic E-state index is 5.58. The largest absolute Gasteiger partial charge is 0.496 e. The van der Waals surface area contributed by atoms with Crippen LogP contribution in [0.4, 0.5) is 0 Å². The number of likely N-dealkylation sites (tertiary alicyclic amines) is 1. The highest BCUT2D eigenvalue weighted by molar-refractivity contribution is 9.10. The molecule has 1 fully saturated rings. The van der Waals surface area contributed by atoms with Crippen molar-refractivity contribution in [1.82, 2.24) is 9.80 Å². The molecule has 110 valence electrons. The van der Waals surface area contributed by atoms with Gasteiger partial charge in [0.05, 0.1) is 7.11 Å². The van der Waals surface area contributed by atoms with Gasteiger partial charge in [-0.2, -0.15) is 0 Å². The maximum absolute atomic E-state index is 5.58. The first-order valence-corrected chi connectivity index (χ1v) is 8.24. The average Bonchev–Trinajstić information content (AvgIpc) is 2.46. The number of benzene rings is 1. The molecule has 0 aliphatic carbocycles. The Kier molecular flexibility index (Phi) is 4.34. The van der Waals surface area contributed by atoms with E-state index in [0.29, 0.717) is 0 Å². The van der Waals surface area contributed by atoms with Crippen LogP contribution in [-0.2, 0) is 13.0 Å². The van der Waals surface area contributed by atoms with Gasteiger partial charge >= 0.3 is 0 Å². The molecule has 3 nitrogen and oxygen atoms in total. The molecule has 1 aromatic carbocycles. The van der Waals surface area contributed by atoms with Crippen molar-refractivity contribution in [1.29, 1.82) is 0 Å². The molecule has 0 amide bonds. The van der Waals surface area contributed by atoms with E-state index >= 15 is 0 Å². The summed E-state index contributed by atoms with van der Waals surface area (Å²) < 4.78 is 6.71. The lowest BCUT2D eigenvalue weighted by molar-refractivity contribution is 0.108. The van der Waals surface area contributed by atoms with Crippen molar-refractivity contribution >= 4 is 15.9 Å². The summed E-state index contributed by atoms with van der Waals surface area (Å²) in [6, 6.07) is 5.09. The number of fused-ring (bicyclic) bond motifs is 1. The molecule has 0 unspecified atom stereocenters. The standard InChI is InChI=1S/C16H23BrN2O/c1-18-6-4-14(5-7-18)19-8-3-12-9-13(17)10-16(20-2)15(12)11-19/h9-10,14H,3-8,11H2,1-2H3. The van der Waals surface area contributed by atoms with Crippen LogP contribution in [0, 0.1) is 0 Å². The zero-order valence-corrected chi connectivity index (χ0v) is 13.9. The molecule has 0 aromatic heterocycles. The van der Waals surface area contributed by atoms with E-state index in [2.05, 4.69) is 44.9 Å². The van der Waals surface area contributed by atoms with Gasteiger partial charge in [-0.1, -0.05) is 15.9 Å². The molecular formula is C16H23BrN2O. The molecule has 2 heterocycles. The minimum absolute atomic E-state index is 0.743. The number of nitrogens with zero attached hydrogens (tertiary/aromatic N) is 2. The van der Waals surface area contributed by atoms with Crippen molar-refractivity contribution in [2.75, 3.05) is 33.8 Å². The Morgan fingerprint density at radius 3 is 2.65 bits per heavy atom. The number of halogens is 1. The lowest BCUT2D eigenvalue weighted by atomic mass is 9.95. The van der Waals surface area contributed by atoms with Crippen LogP contribution < -0.4 is 4.74 Å². The Hall–Kier alpha value is -0.580. The molecule has 0 atom stereocenters. The summed E-state index contributed by atoms with van der Waals surface area (Å²) in [4.78, 5) is 5.10. The monoisotopic (exact) mass is 338 g/mol. The third-order valence-electron chi connectivity index (χ3n) is 4.72. The number of hydrogen-bond donors (Lipinski definition) is 0. The maximum Gasteiger partial charge on any atom is 0.124 e. The van der Waals surface area contributed by atoms with Crippen LogP contribution >= 0.6 is 15.9 Å². The van der Waals surface area contributed by atoms with Crippen molar-refractivity contribution in [2.24, 2.45) is 0 Å². The van der Waals surface area contributed by atoms with Crippen LogP contribution in [0.25, 0.3) is 0 Å². The first-order valence-electron chi connectivity index (χ1n) is 7.45. The van der Waals surface area contributed by atoms with Gasteiger partial charge in [0, 0.05) is 29.2 Å². The second kappa shape index (κ2) is 6.04. The Bertz CT molecular complexity index is 466. The molecule has 0 radical (unpaired) electrons. The first kappa shape index (κ1) is 14.4. The van der Waals surface area contributed by atoms with E-state index in [1.54, 1.807) is 7.11 Å². The average molecular weight is 339 g/mol. The molecule has 20 heavy (non-hydrogen) atoms. The highest BCUT2D eigenvalue weighted by Crippen LogP contribution is 2.33. The minimum atomic E-state index is 0.743. The summed E-state index contributed by atoms with van der Waals surface area (Å²) in [7, 11) is 4.00. The molecule has 4 heteroatoms. The van der Waals surface area contributed by atoms with Gasteiger partial charge in [-0.25, -0.2) is 0 Å². The summed E-state index contributed by atoms with van der Waals surface area (Å²) in [5.41, 5.74) is 2.83. The molecule has 0 saturated carbocycles. The Morgan fingerprint density at radius 1 is 1.20 bits per heavy atom. The van der Waals surface area contributed by atoms with Crippen LogP contribution in [0.1, 0.15) is 24.0 Å². The lowest BCUT2D eigenvalue weighted by Crippen LogP contribution is -2.45. The number of methoxy groups -OCH3 is 1. The van der Waals surface area contributed by atoms with Crippen molar-refractivity contribution < 1.29 is 4.74 Å². The first-order chi connectivity index (χ1) is 9.67. The van der Waals surface area contributed by atoms with Crippen molar-refractivity contribution in [3.63, 3.8) is 0 Å². The van der Waals surface area contributed by atoms with Crippen LogP contribution in [0.3, 0.4) is 0 Å². The van der Waals surface area contributed by atoms with Crippen molar-refractivity contribution in [3.8, 4) is 5.75 Å². The van der Waals surface area contributed by atoms with E-state index in [1.165, 1.54) is 43.6 Å². The predicted molar refractivity (Wildman–Crippen MR) is 85.3 cm³/mol. The smallest absolute Gasteiger partial charge is 0.124 e. The zero-order chi connectivity index (χ0) is 14.1. The lowest BCUT2D eigenvalue weighted by Gasteiger charge is -2.40. The molecule has 1 saturated heterocycles. The highest BCUT2D eigenvalue weighted by atomic mass is 79.9. The number of piperidine rings is 1. The van der Waals surface area contributed by atoms with Gasteiger partial charge in [-0.15, -0.1) is 0 Å². The van der Waals surface area contributed by atoms with Crippen LogP contribution in [-0.4, -0.2) is 49.6 Å². The van der Waals surface area contributed by atoms with Gasteiger partial charge in [-0.05, 0) is 57.1 Å². The Morgan fingerprint density at radius 2 is 1.95 bits per heavy atom. The molecule has 3 rings (SSSR count). The van der Waals surface area contributed by atoms with Gasteiger partial charge in [0.2, 0.25) is 0 Å². The van der Waals surface area contributed by atoms with E-state index < -0.39 is 0 Å². The van der Waals surface area contributed by atoms with E-state index in [0.717, 1.165) is 29.2 Å². The second-order valence-electron chi connectivity index (χ2n) is 6.00. The zero-order valence-electron chi connectivity index (χ0n) is 12.4. The predicted octanol–water partition coefficient (Wildman–Crippen LogP) is 2.91. The summed E-state index contributed by atoms with van der Waals surface area (Å²) >= 11 is 3.58. The van der Waals surface area contributed by atoms with Gasteiger partial charge in [0.25, 0.3) is 0 Å². The van der Waals surface area contributed by atoms with E-state index in [4.69, 9.17) is 4.74 Å². The molecule has 2 aliphatic heterocycles. The second-order valence-corrected chi connectivity index (χ2v) is 6.92. The highest BCUT2D eigenvalue weighted by Gasteiger charge is 2.27. The third kappa shape index (κ3) is 2.87. The molecule has 0 spiro atoms. The molecule has 0 bridgehead atoms. The Balaban J connectivity index is 1.77. The summed E-state index contributed by atoms with van der Waals surface area (Å²) in [6.07, 6.45) is 3.73.